The lowest BCUT2D eigenvalue weighted by atomic mass is 10.1. The van der Waals surface area contributed by atoms with E-state index in [2.05, 4.69) is 31.4 Å². The number of benzene rings is 2. The van der Waals surface area contributed by atoms with Crippen LogP contribution in [0.25, 0.3) is 11.0 Å². The lowest BCUT2D eigenvalue weighted by molar-refractivity contribution is 0.0998. The molecule has 142 valence electrons. The Hall–Kier alpha value is -1.87. The molecular weight excluding hydrogens is 482 g/mol. The van der Waals surface area contributed by atoms with Crippen LogP contribution < -0.4 is 5.32 Å². The molecule has 0 aliphatic carbocycles. The highest BCUT2D eigenvalue weighted by molar-refractivity contribution is 9.10. The van der Waals surface area contributed by atoms with E-state index >= 15 is 0 Å². The van der Waals surface area contributed by atoms with Crippen LogP contribution in [0.3, 0.4) is 0 Å². The van der Waals surface area contributed by atoms with E-state index in [1.165, 1.54) is 23.1 Å². The van der Waals surface area contributed by atoms with Crippen LogP contribution in [0, 0.1) is 6.92 Å². The SMILES string of the molecule is Cc1c(C(=O)Nc2nnc(SCc3ccccc3Cl)s2)oc2ccc(Br)cc12. The molecule has 2 aromatic heterocycles. The zero-order valence-corrected chi connectivity index (χ0v) is 18.5. The number of aryl methyl sites for hydroxylation is 1. The van der Waals surface area contributed by atoms with Crippen molar-refractivity contribution in [2.75, 3.05) is 5.32 Å². The fourth-order valence-electron chi connectivity index (χ4n) is 2.64. The van der Waals surface area contributed by atoms with E-state index in [0.29, 0.717) is 16.5 Å². The third-order valence-corrected chi connectivity index (χ3v) is 6.92. The van der Waals surface area contributed by atoms with Gasteiger partial charge in [0.2, 0.25) is 5.13 Å². The van der Waals surface area contributed by atoms with Crippen LogP contribution in [0.2, 0.25) is 5.02 Å². The van der Waals surface area contributed by atoms with Gasteiger partial charge in [-0.25, -0.2) is 0 Å². The molecule has 0 atom stereocenters. The minimum Gasteiger partial charge on any atom is -0.451 e. The van der Waals surface area contributed by atoms with Gasteiger partial charge < -0.3 is 4.42 Å². The molecule has 0 bridgehead atoms. The predicted octanol–water partition coefficient (Wildman–Crippen LogP) is 6.55. The van der Waals surface area contributed by atoms with E-state index in [-0.39, 0.29) is 11.7 Å². The molecule has 1 amide bonds. The van der Waals surface area contributed by atoms with E-state index in [9.17, 15) is 4.79 Å². The van der Waals surface area contributed by atoms with Gasteiger partial charge in [-0.3, -0.25) is 10.1 Å². The summed E-state index contributed by atoms with van der Waals surface area (Å²) in [5.74, 6) is 0.608. The Balaban J connectivity index is 1.46. The summed E-state index contributed by atoms with van der Waals surface area (Å²) in [6.45, 7) is 1.86. The molecular formula is C19H13BrClN3O2S2. The first kappa shape index (κ1) is 19.4. The smallest absolute Gasteiger partial charge is 0.293 e. The van der Waals surface area contributed by atoms with Gasteiger partial charge in [0.15, 0.2) is 10.1 Å². The molecule has 5 nitrogen and oxygen atoms in total. The largest absolute Gasteiger partial charge is 0.451 e. The highest BCUT2D eigenvalue weighted by Gasteiger charge is 2.19. The minimum absolute atomic E-state index is 0.272. The van der Waals surface area contributed by atoms with Gasteiger partial charge in [-0.15, -0.1) is 10.2 Å². The maximum Gasteiger partial charge on any atom is 0.293 e. The molecule has 0 saturated carbocycles. The fourth-order valence-corrected chi connectivity index (χ4v) is 5.03. The Morgan fingerprint density at radius 2 is 2.11 bits per heavy atom. The number of halogens is 2. The summed E-state index contributed by atoms with van der Waals surface area (Å²) in [7, 11) is 0. The summed E-state index contributed by atoms with van der Waals surface area (Å²) in [5.41, 5.74) is 2.48. The third-order valence-electron chi connectivity index (χ3n) is 4.04. The Morgan fingerprint density at radius 1 is 1.29 bits per heavy atom. The molecule has 1 N–H and O–H groups in total. The van der Waals surface area contributed by atoms with Gasteiger partial charge in [-0.2, -0.15) is 0 Å². The number of carbonyl (C=O) groups is 1. The third kappa shape index (κ3) is 4.10. The average Bonchev–Trinajstić information content (AvgIpc) is 3.25. The predicted molar refractivity (Wildman–Crippen MR) is 118 cm³/mol. The van der Waals surface area contributed by atoms with E-state index in [4.69, 9.17) is 16.0 Å². The molecule has 9 heteroatoms. The number of nitrogens with one attached hydrogen (secondary N) is 1. The lowest BCUT2D eigenvalue weighted by Gasteiger charge is -2.00. The van der Waals surface area contributed by atoms with Crippen LogP contribution in [0.4, 0.5) is 5.13 Å². The summed E-state index contributed by atoms with van der Waals surface area (Å²) in [5, 5.41) is 13.0. The Bertz CT molecular complexity index is 1180. The van der Waals surface area contributed by atoms with Gasteiger partial charge in [0, 0.05) is 26.2 Å². The highest BCUT2D eigenvalue weighted by Crippen LogP contribution is 2.32. The number of thioether (sulfide) groups is 1. The van der Waals surface area contributed by atoms with Gasteiger partial charge in [0.1, 0.15) is 5.58 Å². The van der Waals surface area contributed by atoms with Crippen LogP contribution in [0.15, 0.2) is 55.7 Å². The molecule has 0 aliphatic heterocycles. The molecule has 2 aromatic carbocycles. The van der Waals surface area contributed by atoms with Crippen LogP contribution in [0.5, 0.6) is 0 Å². The summed E-state index contributed by atoms with van der Waals surface area (Å²) in [4.78, 5) is 12.6. The Labute approximate surface area is 182 Å². The first-order valence-electron chi connectivity index (χ1n) is 8.21. The van der Waals surface area contributed by atoms with Gasteiger partial charge in [-0.1, -0.05) is 68.8 Å². The lowest BCUT2D eigenvalue weighted by Crippen LogP contribution is -2.11. The quantitative estimate of drug-likeness (QED) is 0.251. The number of furan rings is 1. The summed E-state index contributed by atoms with van der Waals surface area (Å²) >= 11 is 12.4. The second-order valence-electron chi connectivity index (χ2n) is 5.90. The van der Waals surface area contributed by atoms with Gasteiger partial charge in [-0.05, 0) is 36.8 Å². The molecule has 2 heterocycles. The molecule has 0 fully saturated rings. The molecule has 28 heavy (non-hydrogen) atoms. The second-order valence-corrected chi connectivity index (χ2v) is 9.43. The zero-order chi connectivity index (χ0) is 19.7. The van der Waals surface area contributed by atoms with Gasteiger partial charge in [0.25, 0.3) is 5.91 Å². The van der Waals surface area contributed by atoms with E-state index in [0.717, 1.165) is 30.3 Å². The second kappa shape index (κ2) is 8.24. The molecule has 0 unspecified atom stereocenters. The summed E-state index contributed by atoms with van der Waals surface area (Å²) in [6, 6.07) is 13.3. The van der Waals surface area contributed by atoms with Gasteiger partial charge in [0.05, 0.1) is 0 Å². The summed E-state index contributed by atoms with van der Waals surface area (Å²) < 4.78 is 7.40. The number of fused-ring (bicyclic) bond motifs is 1. The number of hydrogen-bond donors (Lipinski definition) is 1. The normalized spacial score (nSPS) is 11.1. The zero-order valence-electron chi connectivity index (χ0n) is 14.5. The Morgan fingerprint density at radius 3 is 2.93 bits per heavy atom. The van der Waals surface area contributed by atoms with Crippen molar-refractivity contribution in [2.45, 2.75) is 17.0 Å². The van der Waals surface area contributed by atoms with Crippen molar-refractivity contribution >= 4 is 72.6 Å². The standard InChI is InChI=1S/C19H13BrClN3O2S2/c1-10-13-8-12(20)6-7-15(13)26-16(10)17(25)22-18-23-24-19(28-18)27-9-11-4-2-3-5-14(11)21/h2-8H,9H2,1H3,(H,22,23,25). The number of amides is 1. The number of carbonyl (C=O) groups excluding carboxylic acids is 1. The van der Waals surface area contributed by atoms with E-state index < -0.39 is 0 Å². The van der Waals surface area contributed by atoms with Crippen molar-refractivity contribution in [1.29, 1.82) is 0 Å². The van der Waals surface area contributed by atoms with Crippen molar-refractivity contribution in [1.82, 2.24) is 10.2 Å². The van der Waals surface area contributed by atoms with Crippen LogP contribution in [0.1, 0.15) is 21.7 Å². The van der Waals surface area contributed by atoms with Crippen molar-refractivity contribution < 1.29 is 9.21 Å². The average molecular weight is 495 g/mol. The van der Waals surface area contributed by atoms with E-state index in [1.54, 1.807) is 0 Å². The van der Waals surface area contributed by atoms with Crippen molar-refractivity contribution in [3.8, 4) is 0 Å². The summed E-state index contributed by atoms with van der Waals surface area (Å²) in [6.07, 6.45) is 0. The first-order chi connectivity index (χ1) is 13.5. The van der Waals surface area contributed by atoms with Crippen LogP contribution in [-0.4, -0.2) is 16.1 Å². The monoisotopic (exact) mass is 493 g/mol. The van der Waals surface area contributed by atoms with Crippen molar-refractivity contribution in [2.24, 2.45) is 0 Å². The fraction of sp³-hybridized carbons (Fsp3) is 0.105. The minimum atomic E-state index is -0.344. The molecule has 0 spiro atoms. The maximum atomic E-state index is 12.6. The number of hydrogen-bond acceptors (Lipinski definition) is 6. The topological polar surface area (TPSA) is 68.0 Å². The molecule has 0 aliphatic rings. The molecule has 0 radical (unpaired) electrons. The highest BCUT2D eigenvalue weighted by atomic mass is 79.9. The van der Waals surface area contributed by atoms with Crippen LogP contribution >= 0.6 is 50.6 Å². The van der Waals surface area contributed by atoms with Crippen molar-refractivity contribution in [3.63, 3.8) is 0 Å². The number of nitrogens with zero attached hydrogens (tertiary/aromatic N) is 2. The van der Waals surface area contributed by atoms with Crippen LogP contribution in [-0.2, 0) is 5.75 Å². The maximum absolute atomic E-state index is 12.6. The van der Waals surface area contributed by atoms with E-state index in [1.807, 2.05) is 49.4 Å². The molecule has 4 aromatic rings. The van der Waals surface area contributed by atoms with Gasteiger partial charge >= 0.3 is 0 Å². The molecule has 4 rings (SSSR count). The molecule has 0 saturated heterocycles. The number of anilines is 1. The Kier molecular flexibility index (Phi) is 5.73. The van der Waals surface area contributed by atoms with Crippen molar-refractivity contribution in [3.05, 3.63) is 68.8 Å². The first-order valence-corrected chi connectivity index (χ1v) is 11.2. The number of aromatic nitrogens is 2. The number of rotatable bonds is 5.